The molecule has 3 aliphatic rings. The van der Waals surface area contributed by atoms with E-state index in [9.17, 15) is 14.7 Å². The summed E-state index contributed by atoms with van der Waals surface area (Å²) in [5.74, 6) is 0.485. The number of aliphatic hydroxyl groups excluding tert-OH is 1. The molecule has 2 atom stereocenters. The van der Waals surface area contributed by atoms with Gasteiger partial charge in [0.15, 0.2) is 11.5 Å². The molecule has 1 N–H and O–H groups in total. The molecule has 2 aromatic rings. The Morgan fingerprint density at radius 1 is 0.977 bits per heavy atom. The van der Waals surface area contributed by atoms with Crippen molar-refractivity contribution in [3.63, 3.8) is 0 Å². The fourth-order valence-corrected chi connectivity index (χ4v) is 6.09. The zero-order valence-corrected chi connectivity index (χ0v) is 25.6. The number of likely N-dealkylation sites (tertiary alicyclic amines) is 1. The van der Waals surface area contributed by atoms with E-state index < -0.39 is 17.7 Å². The van der Waals surface area contributed by atoms with E-state index in [0.29, 0.717) is 68.4 Å². The first kappa shape index (κ1) is 30.9. The molecule has 9 heteroatoms. The van der Waals surface area contributed by atoms with E-state index >= 15 is 0 Å². The monoisotopic (exact) mass is 592 g/mol. The molecule has 0 radical (unpaired) electrons. The number of unbranched alkanes of at least 4 members (excludes halogenated alkanes) is 2. The average molecular weight is 593 g/mol. The molecule has 0 saturated carbocycles. The van der Waals surface area contributed by atoms with Gasteiger partial charge in [0.25, 0.3) is 11.7 Å². The Morgan fingerprint density at radius 3 is 2.56 bits per heavy atom. The summed E-state index contributed by atoms with van der Waals surface area (Å²) in [7, 11) is 0. The molecule has 3 aliphatic heterocycles. The highest BCUT2D eigenvalue weighted by atomic mass is 16.5. The zero-order valence-electron chi connectivity index (χ0n) is 25.6. The van der Waals surface area contributed by atoms with Gasteiger partial charge in [-0.2, -0.15) is 0 Å². The Bertz CT molecular complexity index is 1330. The van der Waals surface area contributed by atoms with Gasteiger partial charge in [-0.3, -0.25) is 14.5 Å². The average Bonchev–Trinajstić information content (AvgIpc) is 3.51. The molecule has 5 rings (SSSR count). The molecule has 43 heavy (non-hydrogen) atoms. The summed E-state index contributed by atoms with van der Waals surface area (Å²) in [5, 5.41) is 11.6. The number of fused-ring (bicyclic) bond motifs is 1. The number of nitrogens with zero attached hydrogens (tertiary/aromatic N) is 2. The summed E-state index contributed by atoms with van der Waals surface area (Å²) in [6.45, 7) is 11.3. The number of rotatable bonds is 13. The normalized spacial score (nSPS) is 21.6. The van der Waals surface area contributed by atoms with Crippen molar-refractivity contribution in [1.82, 2.24) is 9.80 Å². The number of ketones is 1. The minimum Gasteiger partial charge on any atom is -0.507 e. The van der Waals surface area contributed by atoms with Gasteiger partial charge < -0.3 is 29.0 Å². The first-order chi connectivity index (χ1) is 20.9. The fraction of sp³-hybridized carbons (Fsp3) is 0.529. The van der Waals surface area contributed by atoms with Crippen LogP contribution in [0.3, 0.4) is 0 Å². The Labute approximate surface area is 254 Å². The first-order valence-electron chi connectivity index (χ1n) is 15.7. The van der Waals surface area contributed by atoms with Crippen molar-refractivity contribution in [2.75, 3.05) is 52.6 Å². The first-order valence-corrected chi connectivity index (χ1v) is 15.7. The van der Waals surface area contributed by atoms with Gasteiger partial charge in [0, 0.05) is 38.2 Å². The Kier molecular flexibility index (Phi) is 10.3. The van der Waals surface area contributed by atoms with Crippen molar-refractivity contribution in [3.8, 4) is 17.2 Å². The van der Waals surface area contributed by atoms with E-state index in [1.165, 1.54) is 0 Å². The zero-order chi connectivity index (χ0) is 30.3. The van der Waals surface area contributed by atoms with Gasteiger partial charge in [-0.15, -0.1) is 0 Å². The van der Waals surface area contributed by atoms with E-state index in [-0.39, 0.29) is 17.4 Å². The minimum absolute atomic E-state index is 0.0455. The minimum atomic E-state index is -0.763. The predicted octanol–water partition coefficient (Wildman–Crippen LogP) is 5.12. The van der Waals surface area contributed by atoms with Crippen molar-refractivity contribution in [2.45, 2.75) is 65.0 Å². The van der Waals surface area contributed by atoms with Crippen molar-refractivity contribution < 1.29 is 33.6 Å². The summed E-state index contributed by atoms with van der Waals surface area (Å²) in [4.78, 5) is 31.1. The van der Waals surface area contributed by atoms with Crippen LogP contribution in [-0.4, -0.2) is 85.3 Å². The van der Waals surface area contributed by atoms with Crippen LogP contribution in [0, 0.1) is 0 Å². The number of ether oxygens (including phenoxy) is 4. The molecule has 1 amide bonds. The van der Waals surface area contributed by atoms with E-state index in [1.807, 2.05) is 44.2 Å². The largest absolute Gasteiger partial charge is 0.507 e. The van der Waals surface area contributed by atoms with E-state index in [4.69, 9.17) is 18.9 Å². The molecule has 2 saturated heterocycles. The number of amides is 1. The maximum absolute atomic E-state index is 13.6. The summed E-state index contributed by atoms with van der Waals surface area (Å²) in [6, 6.07) is 10.2. The van der Waals surface area contributed by atoms with Crippen molar-refractivity contribution >= 4 is 17.4 Å². The molecule has 9 nitrogen and oxygen atoms in total. The fourth-order valence-electron chi connectivity index (χ4n) is 6.09. The molecule has 232 valence electrons. The lowest BCUT2D eigenvalue weighted by Crippen LogP contribution is -2.39. The van der Waals surface area contributed by atoms with Gasteiger partial charge in [-0.1, -0.05) is 25.8 Å². The van der Waals surface area contributed by atoms with Crippen LogP contribution in [0.2, 0.25) is 0 Å². The number of hydrogen-bond acceptors (Lipinski definition) is 8. The SMILES string of the molecule is CCCCCOc1ccc([C@H]2C(=C(O)c3ccc4c(c3)C[C@@H](C)O4)C(=O)C(=O)N2CCCN2CCOCC2)cc1OCC. The highest BCUT2D eigenvalue weighted by Gasteiger charge is 2.46. The maximum atomic E-state index is 13.6. The van der Waals surface area contributed by atoms with Crippen LogP contribution in [0.25, 0.3) is 5.76 Å². The molecule has 0 aromatic heterocycles. The van der Waals surface area contributed by atoms with Crippen LogP contribution >= 0.6 is 0 Å². The van der Waals surface area contributed by atoms with Crippen LogP contribution in [0.1, 0.15) is 69.2 Å². The standard InChI is InChI=1S/C34H44N2O7/c1-4-6-7-17-42-28-12-9-24(22-29(28)41-5-2)31-30(32(37)25-10-11-27-26(21-25)20-23(3)43-27)33(38)34(39)36(31)14-8-13-35-15-18-40-19-16-35/h9-12,21-23,31,37H,4-8,13-20H2,1-3H3/t23-,31+/m1/s1. The molecular formula is C34H44N2O7. The number of hydrogen-bond donors (Lipinski definition) is 1. The Morgan fingerprint density at radius 2 is 1.79 bits per heavy atom. The van der Waals surface area contributed by atoms with Gasteiger partial charge in [0.2, 0.25) is 0 Å². The quantitative estimate of drug-likeness (QED) is 0.148. The number of carbonyl (C=O) groups is 2. The lowest BCUT2D eigenvalue weighted by atomic mass is 9.94. The predicted molar refractivity (Wildman–Crippen MR) is 164 cm³/mol. The summed E-state index contributed by atoms with van der Waals surface area (Å²) in [5.41, 5.74) is 2.24. The van der Waals surface area contributed by atoms with Crippen LogP contribution in [0.15, 0.2) is 42.0 Å². The van der Waals surface area contributed by atoms with Crippen molar-refractivity contribution in [3.05, 3.63) is 58.7 Å². The molecule has 3 heterocycles. The van der Waals surface area contributed by atoms with Crippen molar-refractivity contribution in [2.24, 2.45) is 0 Å². The van der Waals surface area contributed by atoms with Gasteiger partial charge in [-0.25, -0.2) is 0 Å². The van der Waals surface area contributed by atoms with Gasteiger partial charge in [0.05, 0.1) is 38.0 Å². The number of benzene rings is 2. The second-order valence-corrected chi connectivity index (χ2v) is 11.4. The third kappa shape index (κ3) is 6.99. The van der Waals surface area contributed by atoms with Crippen LogP contribution in [0.4, 0.5) is 0 Å². The molecule has 2 aromatic carbocycles. The Hall–Kier alpha value is -3.56. The second-order valence-electron chi connectivity index (χ2n) is 11.4. The number of morpholine rings is 1. The van der Waals surface area contributed by atoms with Crippen molar-refractivity contribution in [1.29, 1.82) is 0 Å². The van der Waals surface area contributed by atoms with Crippen LogP contribution in [0.5, 0.6) is 17.2 Å². The second kappa shape index (κ2) is 14.3. The summed E-state index contributed by atoms with van der Waals surface area (Å²) < 4.78 is 23.3. The number of Topliss-reactive ketones (excluding diaryl/α,β-unsaturated/α-hetero) is 1. The maximum Gasteiger partial charge on any atom is 0.295 e. The highest BCUT2D eigenvalue weighted by molar-refractivity contribution is 6.46. The summed E-state index contributed by atoms with van der Waals surface area (Å²) >= 11 is 0. The molecule has 2 fully saturated rings. The third-order valence-corrected chi connectivity index (χ3v) is 8.28. The van der Waals surface area contributed by atoms with Crippen LogP contribution in [-0.2, 0) is 20.7 Å². The van der Waals surface area contributed by atoms with Gasteiger partial charge in [0.1, 0.15) is 17.6 Å². The Balaban J connectivity index is 1.49. The topological polar surface area (TPSA) is 97.8 Å². The highest BCUT2D eigenvalue weighted by Crippen LogP contribution is 2.43. The molecular weight excluding hydrogens is 548 g/mol. The smallest absolute Gasteiger partial charge is 0.295 e. The molecule has 0 spiro atoms. The lowest BCUT2D eigenvalue weighted by molar-refractivity contribution is -0.140. The molecule has 0 aliphatic carbocycles. The molecule has 0 bridgehead atoms. The van der Waals surface area contributed by atoms with E-state index in [2.05, 4.69) is 11.8 Å². The number of carbonyl (C=O) groups excluding carboxylic acids is 2. The third-order valence-electron chi connectivity index (χ3n) is 8.28. The summed E-state index contributed by atoms with van der Waals surface area (Å²) in [6.07, 6.45) is 4.57. The number of aliphatic hydroxyl groups is 1. The van der Waals surface area contributed by atoms with Gasteiger partial charge in [-0.05, 0) is 68.1 Å². The van der Waals surface area contributed by atoms with Gasteiger partial charge >= 0.3 is 0 Å². The lowest BCUT2D eigenvalue weighted by Gasteiger charge is -2.29. The molecule has 0 unspecified atom stereocenters. The van der Waals surface area contributed by atoms with E-state index in [1.54, 1.807) is 11.0 Å². The van der Waals surface area contributed by atoms with E-state index in [0.717, 1.165) is 50.2 Å². The van der Waals surface area contributed by atoms with Crippen LogP contribution < -0.4 is 14.2 Å².